The van der Waals surface area contributed by atoms with Crippen molar-refractivity contribution in [3.8, 4) is 0 Å². The van der Waals surface area contributed by atoms with E-state index in [1.807, 2.05) is 0 Å². The molecule has 0 radical (unpaired) electrons. The molecule has 0 bridgehead atoms. The van der Waals surface area contributed by atoms with Crippen molar-refractivity contribution in [3.05, 3.63) is 38.9 Å². The van der Waals surface area contributed by atoms with Crippen molar-refractivity contribution in [2.75, 3.05) is 0 Å². The number of benzene rings is 1. The number of nitro groups is 1. The van der Waals surface area contributed by atoms with E-state index < -0.39 is 16.4 Å². The van der Waals surface area contributed by atoms with Crippen molar-refractivity contribution in [3.63, 3.8) is 0 Å². The summed E-state index contributed by atoms with van der Waals surface area (Å²) in [7, 11) is 0. The number of halogens is 1. The first-order valence-corrected chi connectivity index (χ1v) is 5.59. The van der Waals surface area contributed by atoms with Crippen molar-refractivity contribution in [1.82, 2.24) is 5.32 Å². The lowest BCUT2D eigenvalue weighted by molar-refractivity contribution is -0.384. The van der Waals surface area contributed by atoms with Gasteiger partial charge in [-0.05, 0) is 25.5 Å². The lowest BCUT2D eigenvalue weighted by Gasteiger charge is -2.22. The van der Waals surface area contributed by atoms with Crippen LogP contribution in [0.1, 0.15) is 19.4 Å². The Bertz CT molecular complexity index is 488. The van der Waals surface area contributed by atoms with E-state index in [0.29, 0.717) is 5.56 Å². The average molecular weight is 272 g/mol. The number of hydrogen-bond acceptors (Lipinski definition) is 4. The molecule has 0 unspecified atom stereocenters. The van der Waals surface area contributed by atoms with Gasteiger partial charge in [0, 0.05) is 12.6 Å². The zero-order valence-electron chi connectivity index (χ0n) is 10.1. The molecule has 0 atom stereocenters. The molecule has 1 aromatic rings. The quantitative estimate of drug-likeness (QED) is 0.628. The smallest absolute Gasteiger partial charge is 0.288 e. The van der Waals surface area contributed by atoms with Crippen molar-refractivity contribution >= 4 is 23.2 Å². The molecule has 7 heteroatoms. The molecule has 3 N–H and O–H groups in total. The van der Waals surface area contributed by atoms with Crippen molar-refractivity contribution < 1.29 is 9.72 Å². The fourth-order valence-electron chi connectivity index (χ4n) is 1.22. The average Bonchev–Trinajstić information content (AvgIpc) is 2.27. The van der Waals surface area contributed by atoms with Crippen molar-refractivity contribution in [2.45, 2.75) is 25.9 Å². The Morgan fingerprint density at radius 1 is 1.56 bits per heavy atom. The standard InChI is InChI=1S/C11H14ClN3O3/c1-11(2,10(13)16)14-6-7-3-4-8(12)9(5-7)15(17)18/h3-5,14H,6H2,1-2H3,(H2,13,16). The zero-order chi connectivity index (χ0) is 13.9. The lowest BCUT2D eigenvalue weighted by atomic mass is 10.0. The fraction of sp³-hybridized carbons (Fsp3) is 0.364. The topological polar surface area (TPSA) is 98.3 Å². The van der Waals surface area contributed by atoms with Crippen LogP contribution in [0.3, 0.4) is 0 Å². The van der Waals surface area contributed by atoms with E-state index in [0.717, 1.165) is 0 Å². The first-order chi connectivity index (χ1) is 8.24. The first kappa shape index (κ1) is 14.4. The Hall–Kier alpha value is -1.66. The molecule has 0 saturated carbocycles. The number of rotatable bonds is 5. The van der Waals surface area contributed by atoms with Gasteiger partial charge in [-0.2, -0.15) is 0 Å². The molecule has 18 heavy (non-hydrogen) atoms. The number of nitrogens with one attached hydrogen (secondary N) is 1. The molecule has 0 heterocycles. The van der Waals surface area contributed by atoms with E-state index in [1.165, 1.54) is 12.1 Å². The van der Waals surface area contributed by atoms with Crippen LogP contribution in [0.2, 0.25) is 5.02 Å². The monoisotopic (exact) mass is 271 g/mol. The molecule has 0 aliphatic rings. The molecule has 1 amide bonds. The number of nitrogens with zero attached hydrogens (tertiary/aromatic N) is 1. The van der Waals surface area contributed by atoms with Gasteiger partial charge in [-0.25, -0.2) is 0 Å². The van der Waals surface area contributed by atoms with E-state index in [9.17, 15) is 14.9 Å². The third-order valence-corrected chi connectivity index (χ3v) is 2.88. The van der Waals surface area contributed by atoms with Crippen LogP contribution >= 0.6 is 11.6 Å². The minimum atomic E-state index is -0.881. The fourth-order valence-corrected chi connectivity index (χ4v) is 1.40. The highest BCUT2D eigenvalue weighted by Crippen LogP contribution is 2.25. The van der Waals surface area contributed by atoms with E-state index in [4.69, 9.17) is 17.3 Å². The number of nitrogens with two attached hydrogens (primary N) is 1. The van der Waals surface area contributed by atoms with Crippen LogP contribution in [-0.4, -0.2) is 16.4 Å². The number of carbonyl (C=O) groups is 1. The summed E-state index contributed by atoms with van der Waals surface area (Å²) in [5.41, 5.74) is 4.82. The molecule has 0 aliphatic carbocycles. The van der Waals surface area contributed by atoms with Gasteiger partial charge in [-0.3, -0.25) is 20.2 Å². The molecule has 0 aromatic heterocycles. The summed E-state index contributed by atoms with van der Waals surface area (Å²) in [5.74, 6) is -0.494. The highest BCUT2D eigenvalue weighted by Gasteiger charge is 2.24. The van der Waals surface area contributed by atoms with E-state index >= 15 is 0 Å². The van der Waals surface area contributed by atoms with Gasteiger partial charge >= 0.3 is 0 Å². The van der Waals surface area contributed by atoms with Gasteiger partial charge in [0.25, 0.3) is 5.69 Å². The molecule has 98 valence electrons. The van der Waals surface area contributed by atoms with Crippen LogP contribution in [-0.2, 0) is 11.3 Å². The summed E-state index contributed by atoms with van der Waals surface area (Å²) in [6.07, 6.45) is 0. The molecular formula is C11H14ClN3O3. The van der Waals surface area contributed by atoms with Gasteiger partial charge in [-0.15, -0.1) is 0 Å². The van der Waals surface area contributed by atoms with Crippen LogP contribution in [0.5, 0.6) is 0 Å². The summed E-state index contributed by atoms with van der Waals surface area (Å²) >= 11 is 5.70. The predicted octanol–water partition coefficient (Wildman–Crippen LogP) is 1.60. The van der Waals surface area contributed by atoms with E-state index in [2.05, 4.69) is 5.32 Å². The van der Waals surface area contributed by atoms with Gasteiger partial charge in [0.1, 0.15) is 5.02 Å². The second kappa shape index (κ2) is 5.32. The van der Waals surface area contributed by atoms with Gasteiger partial charge in [0.05, 0.1) is 10.5 Å². The van der Waals surface area contributed by atoms with Crippen LogP contribution in [0.4, 0.5) is 5.69 Å². The van der Waals surface area contributed by atoms with Crippen LogP contribution in [0, 0.1) is 10.1 Å². The maximum atomic E-state index is 11.1. The summed E-state index contributed by atoms with van der Waals surface area (Å²) in [6, 6.07) is 4.47. The molecule has 0 fully saturated rings. The molecule has 1 aromatic carbocycles. The summed E-state index contributed by atoms with van der Waals surface area (Å²) < 4.78 is 0. The van der Waals surface area contributed by atoms with E-state index in [-0.39, 0.29) is 17.3 Å². The molecular weight excluding hydrogens is 258 g/mol. The van der Waals surface area contributed by atoms with Gasteiger partial charge in [0.15, 0.2) is 0 Å². The Morgan fingerprint density at radius 3 is 2.67 bits per heavy atom. The molecule has 1 rings (SSSR count). The number of nitro benzene ring substituents is 1. The Morgan fingerprint density at radius 2 is 2.17 bits per heavy atom. The summed E-state index contributed by atoms with van der Waals surface area (Å²) in [6.45, 7) is 3.56. The van der Waals surface area contributed by atoms with Crippen molar-refractivity contribution in [1.29, 1.82) is 0 Å². The Kier molecular flexibility index (Phi) is 4.26. The Labute approximate surface area is 109 Å². The SMILES string of the molecule is CC(C)(NCc1ccc(Cl)c([N+](=O)[O-])c1)C(N)=O. The van der Waals surface area contributed by atoms with E-state index in [1.54, 1.807) is 19.9 Å². The third kappa shape index (κ3) is 3.41. The van der Waals surface area contributed by atoms with Crippen molar-refractivity contribution in [2.24, 2.45) is 5.73 Å². The molecule has 0 saturated heterocycles. The number of carbonyl (C=O) groups excluding carboxylic acids is 1. The summed E-state index contributed by atoms with van der Waals surface area (Å²) in [5, 5.41) is 13.7. The maximum Gasteiger partial charge on any atom is 0.288 e. The second-order valence-electron chi connectivity index (χ2n) is 4.39. The first-order valence-electron chi connectivity index (χ1n) is 5.22. The zero-order valence-corrected chi connectivity index (χ0v) is 10.8. The van der Waals surface area contributed by atoms with Crippen LogP contribution in [0.15, 0.2) is 18.2 Å². The third-order valence-electron chi connectivity index (χ3n) is 2.56. The normalized spacial score (nSPS) is 11.3. The minimum Gasteiger partial charge on any atom is -0.368 e. The van der Waals surface area contributed by atoms with Crippen LogP contribution < -0.4 is 11.1 Å². The molecule has 6 nitrogen and oxygen atoms in total. The maximum absolute atomic E-state index is 11.1. The van der Waals surface area contributed by atoms with Gasteiger partial charge < -0.3 is 5.73 Å². The largest absolute Gasteiger partial charge is 0.368 e. The lowest BCUT2D eigenvalue weighted by Crippen LogP contribution is -2.50. The second-order valence-corrected chi connectivity index (χ2v) is 4.79. The number of amides is 1. The highest BCUT2D eigenvalue weighted by molar-refractivity contribution is 6.32. The summed E-state index contributed by atoms with van der Waals surface area (Å²) in [4.78, 5) is 21.3. The highest BCUT2D eigenvalue weighted by atomic mass is 35.5. The predicted molar refractivity (Wildman–Crippen MR) is 68.2 cm³/mol. The van der Waals surface area contributed by atoms with Gasteiger partial charge in [0.2, 0.25) is 5.91 Å². The Balaban J connectivity index is 2.84. The van der Waals surface area contributed by atoms with Gasteiger partial charge in [-0.1, -0.05) is 17.7 Å². The van der Waals surface area contributed by atoms with Crippen LogP contribution in [0.25, 0.3) is 0 Å². The minimum absolute atomic E-state index is 0.0814. The molecule has 0 spiro atoms. The number of hydrogen-bond donors (Lipinski definition) is 2. The molecule has 0 aliphatic heterocycles. The number of primary amides is 1.